The number of rotatable bonds is 6. The average molecular weight is 416 g/mol. The summed E-state index contributed by atoms with van der Waals surface area (Å²) in [5, 5.41) is 0. The molecule has 2 aromatic carbocycles. The van der Waals surface area contributed by atoms with Crippen molar-refractivity contribution < 1.29 is 14.0 Å². The summed E-state index contributed by atoms with van der Waals surface area (Å²) in [7, 11) is 3.39. The van der Waals surface area contributed by atoms with Gasteiger partial charge in [-0.15, -0.1) is 0 Å². The first kappa shape index (κ1) is 21.0. The summed E-state index contributed by atoms with van der Waals surface area (Å²) in [5.74, 6) is 2.44. The minimum atomic E-state index is 0.429. The number of imidazole rings is 1. The molecule has 0 saturated heterocycles. The number of hydrogen-bond donors (Lipinski definition) is 0. The predicted molar refractivity (Wildman–Crippen MR) is 126 cm³/mol. The molecule has 0 saturated carbocycles. The van der Waals surface area contributed by atoms with Gasteiger partial charge in [0.1, 0.15) is 34.6 Å². The van der Waals surface area contributed by atoms with Gasteiger partial charge in [0.2, 0.25) is 0 Å². The number of ether oxygens (including phenoxy) is 2. The minimum Gasteiger partial charge on any atom is -0.496 e. The zero-order valence-electron chi connectivity index (χ0n) is 19.2. The molecule has 4 heteroatoms. The van der Waals surface area contributed by atoms with Crippen molar-refractivity contribution in [1.29, 1.82) is 0 Å². The number of pyridine rings is 1. The molecule has 0 unspecified atom stereocenters. The number of aromatic nitrogens is 2. The number of nitrogens with zero attached hydrogens (tertiary/aromatic N) is 2. The second-order valence-corrected chi connectivity index (χ2v) is 8.49. The van der Waals surface area contributed by atoms with E-state index in [0.717, 1.165) is 28.3 Å². The molecule has 160 valence electrons. The van der Waals surface area contributed by atoms with Crippen LogP contribution >= 0.6 is 0 Å². The summed E-state index contributed by atoms with van der Waals surface area (Å²) < 4.78 is 15.8. The average Bonchev–Trinajstić information content (AvgIpc) is 3.22. The number of para-hydroxylation sites is 1. The van der Waals surface area contributed by atoms with Gasteiger partial charge in [0.05, 0.1) is 14.2 Å². The molecule has 4 rings (SSSR count). The first-order chi connectivity index (χ1) is 15.0. The van der Waals surface area contributed by atoms with Crippen LogP contribution in [0.1, 0.15) is 50.7 Å². The van der Waals surface area contributed by atoms with Crippen LogP contribution in [0.25, 0.3) is 22.5 Å². The zero-order valence-corrected chi connectivity index (χ0v) is 19.2. The summed E-state index contributed by atoms with van der Waals surface area (Å²) in [6.07, 6.45) is 4.38. The largest absolute Gasteiger partial charge is 0.496 e. The molecule has 0 radical (unpaired) electrons. The highest BCUT2D eigenvalue weighted by atomic mass is 16.5. The molecule has 4 nitrogen and oxygen atoms in total. The number of methoxy groups -OCH3 is 2. The third-order valence-electron chi connectivity index (χ3n) is 5.85. The third kappa shape index (κ3) is 3.67. The Balaban J connectivity index is 2.01. The minimum absolute atomic E-state index is 0.429. The van der Waals surface area contributed by atoms with Crippen molar-refractivity contribution in [2.75, 3.05) is 14.2 Å². The Kier molecular flexibility index (Phi) is 5.73. The summed E-state index contributed by atoms with van der Waals surface area (Å²) in [6, 6.07) is 18.9. The molecule has 0 N–H and O–H groups in total. The van der Waals surface area contributed by atoms with Gasteiger partial charge in [-0.05, 0) is 36.1 Å². The monoisotopic (exact) mass is 415 g/mol. The van der Waals surface area contributed by atoms with Crippen LogP contribution in [0.15, 0.2) is 67.1 Å². The lowest BCUT2D eigenvalue weighted by Crippen LogP contribution is -2.31. The normalized spacial score (nSPS) is 11.5. The first-order valence-corrected chi connectivity index (χ1v) is 10.8. The Morgan fingerprint density at radius 2 is 1.29 bits per heavy atom. The van der Waals surface area contributed by atoms with Crippen LogP contribution in [-0.4, -0.2) is 18.6 Å². The van der Waals surface area contributed by atoms with Crippen LogP contribution < -0.4 is 14.0 Å². The maximum Gasteiger partial charge on any atom is 0.254 e. The quantitative estimate of drug-likeness (QED) is 0.353. The highest BCUT2D eigenvalue weighted by Crippen LogP contribution is 2.38. The van der Waals surface area contributed by atoms with Crippen LogP contribution in [0.5, 0.6) is 11.5 Å². The van der Waals surface area contributed by atoms with E-state index in [1.54, 1.807) is 14.2 Å². The van der Waals surface area contributed by atoms with Gasteiger partial charge in [0.15, 0.2) is 5.52 Å². The fourth-order valence-corrected chi connectivity index (χ4v) is 4.31. The van der Waals surface area contributed by atoms with Crippen LogP contribution in [-0.2, 0) is 0 Å². The Morgan fingerprint density at radius 1 is 0.742 bits per heavy atom. The molecule has 0 amide bonds. The van der Waals surface area contributed by atoms with E-state index in [-0.39, 0.29) is 0 Å². The molecule has 0 aliphatic heterocycles. The Hall–Kier alpha value is -3.27. The lowest BCUT2D eigenvalue weighted by molar-refractivity contribution is -0.595. The van der Waals surface area contributed by atoms with Gasteiger partial charge >= 0.3 is 0 Å². The van der Waals surface area contributed by atoms with E-state index >= 15 is 0 Å². The van der Waals surface area contributed by atoms with E-state index in [0.29, 0.717) is 11.8 Å². The second kappa shape index (κ2) is 8.46. The first-order valence-electron chi connectivity index (χ1n) is 10.8. The molecule has 31 heavy (non-hydrogen) atoms. The van der Waals surface area contributed by atoms with Gasteiger partial charge in [0.25, 0.3) is 6.33 Å². The lowest BCUT2D eigenvalue weighted by atomic mass is 9.92. The number of benzene rings is 2. The van der Waals surface area contributed by atoms with Crippen molar-refractivity contribution in [2.45, 2.75) is 39.5 Å². The Morgan fingerprint density at radius 3 is 1.84 bits per heavy atom. The molecule has 2 aromatic heterocycles. The number of fused-ring (bicyclic) bond motifs is 1. The van der Waals surface area contributed by atoms with Gasteiger partial charge in [0, 0.05) is 11.1 Å². The van der Waals surface area contributed by atoms with Crippen molar-refractivity contribution in [2.24, 2.45) is 0 Å². The second-order valence-electron chi connectivity index (χ2n) is 8.49. The summed E-state index contributed by atoms with van der Waals surface area (Å²) in [5.41, 5.74) is 7.06. The van der Waals surface area contributed by atoms with Crippen LogP contribution in [0.4, 0.5) is 0 Å². The molecule has 4 aromatic rings. The standard InChI is InChI=1S/C27H31N2O2/c1-18(2)21-11-8-12-22(19(3)4)27(21)28-16-20-10-7-13-23(29(20)17-28)26-24(30-5)14-9-15-25(26)31-6/h7-19H,1-6H3/q+1. The highest BCUT2D eigenvalue weighted by molar-refractivity contribution is 5.76. The van der Waals surface area contributed by atoms with E-state index < -0.39 is 0 Å². The Labute approximate surface area is 184 Å². The van der Waals surface area contributed by atoms with Gasteiger partial charge < -0.3 is 9.47 Å². The predicted octanol–water partition coefficient (Wildman–Crippen LogP) is 6.15. The fraction of sp³-hybridized carbons (Fsp3) is 0.296. The molecule has 0 aliphatic carbocycles. The van der Waals surface area contributed by atoms with Crippen molar-refractivity contribution in [3.05, 3.63) is 78.2 Å². The summed E-state index contributed by atoms with van der Waals surface area (Å²) >= 11 is 0. The number of hydrogen-bond acceptors (Lipinski definition) is 2. The maximum atomic E-state index is 5.68. The molecule has 0 spiro atoms. The zero-order chi connectivity index (χ0) is 22.1. The van der Waals surface area contributed by atoms with Crippen LogP contribution in [0.2, 0.25) is 0 Å². The van der Waals surface area contributed by atoms with Gasteiger partial charge in [-0.2, -0.15) is 4.40 Å². The molecule has 2 heterocycles. The van der Waals surface area contributed by atoms with Crippen LogP contribution in [0, 0.1) is 0 Å². The maximum absolute atomic E-state index is 5.68. The molecule has 0 fully saturated rings. The van der Waals surface area contributed by atoms with E-state index in [1.807, 2.05) is 18.2 Å². The SMILES string of the molecule is COc1cccc(OC)c1-c1cccc2c[n+](-c3c(C(C)C)cccc3C(C)C)cn12. The molecule has 0 atom stereocenters. The van der Waals surface area contributed by atoms with Crippen molar-refractivity contribution >= 4 is 5.52 Å². The molecular formula is C27H31N2O2+. The molecule has 0 aliphatic rings. The summed E-state index contributed by atoms with van der Waals surface area (Å²) in [6.45, 7) is 9.02. The van der Waals surface area contributed by atoms with Gasteiger partial charge in [-0.25, -0.2) is 4.57 Å². The van der Waals surface area contributed by atoms with Crippen molar-refractivity contribution in [3.8, 4) is 28.4 Å². The smallest absolute Gasteiger partial charge is 0.254 e. The fourth-order valence-electron chi connectivity index (χ4n) is 4.31. The topological polar surface area (TPSA) is 26.8 Å². The van der Waals surface area contributed by atoms with Crippen LogP contribution in [0.3, 0.4) is 0 Å². The highest BCUT2D eigenvalue weighted by Gasteiger charge is 2.24. The Bertz CT molecular complexity index is 1170. The van der Waals surface area contributed by atoms with E-state index in [9.17, 15) is 0 Å². The van der Waals surface area contributed by atoms with Gasteiger partial charge in [-0.1, -0.05) is 58.0 Å². The van der Waals surface area contributed by atoms with E-state index in [2.05, 4.69) is 85.6 Å². The molecular weight excluding hydrogens is 384 g/mol. The van der Waals surface area contributed by atoms with Gasteiger partial charge in [-0.3, -0.25) is 0 Å². The third-order valence-corrected chi connectivity index (χ3v) is 5.85. The molecule has 0 bridgehead atoms. The van der Waals surface area contributed by atoms with Crippen molar-refractivity contribution in [1.82, 2.24) is 4.40 Å². The lowest BCUT2D eigenvalue weighted by Gasteiger charge is -2.16. The van der Waals surface area contributed by atoms with E-state index in [1.165, 1.54) is 16.8 Å². The van der Waals surface area contributed by atoms with E-state index in [4.69, 9.17) is 9.47 Å². The van der Waals surface area contributed by atoms with Crippen molar-refractivity contribution in [3.63, 3.8) is 0 Å². The summed E-state index contributed by atoms with van der Waals surface area (Å²) in [4.78, 5) is 0.